The number of hydrogen-bond donors (Lipinski definition) is 2. The Morgan fingerprint density at radius 3 is 2.70 bits per heavy atom. The maximum absolute atomic E-state index is 12.9. The Kier molecular flexibility index (Phi) is 4.47. The first-order valence-corrected chi connectivity index (χ1v) is 8.54. The van der Waals surface area contributed by atoms with E-state index in [-0.39, 0.29) is 12.1 Å². The third-order valence-electron chi connectivity index (χ3n) is 4.39. The van der Waals surface area contributed by atoms with Crippen molar-refractivity contribution in [1.82, 2.24) is 19.9 Å². The highest BCUT2D eigenvalue weighted by Gasteiger charge is 2.20. The number of hydrazine groups is 1. The smallest absolute Gasteiger partial charge is 0.263 e. The predicted molar refractivity (Wildman–Crippen MR) is 90.2 cm³/mol. The summed E-state index contributed by atoms with van der Waals surface area (Å²) in [6, 6.07) is 0. The molecule has 1 aliphatic rings. The van der Waals surface area contributed by atoms with Crippen LogP contribution in [0.1, 0.15) is 29.1 Å². The van der Waals surface area contributed by atoms with Gasteiger partial charge in [0.25, 0.3) is 11.5 Å². The predicted octanol–water partition coefficient (Wildman–Crippen LogP) is 0.661. The number of likely N-dealkylation sites (tertiary alicyclic amines) is 1. The van der Waals surface area contributed by atoms with Crippen molar-refractivity contribution in [3.05, 3.63) is 26.6 Å². The maximum atomic E-state index is 12.9. The monoisotopic (exact) mass is 335 g/mol. The SMILES string of the molecule is Cc1sc2nc(CN3CCCC3)n(CC(=O)NN)c(=O)c2c1C. The molecule has 0 bridgehead atoms. The maximum Gasteiger partial charge on any atom is 0.263 e. The van der Waals surface area contributed by atoms with Gasteiger partial charge in [0.2, 0.25) is 0 Å². The second-order valence-electron chi connectivity index (χ2n) is 5.93. The van der Waals surface area contributed by atoms with Gasteiger partial charge in [-0.3, -0.25) is 24.5 Å². The minimum absolute atomic E-state index is 0.101. The first-order chi connectivity index (χ1) is 11.0. The fourth-order valence-electron chi connectivity index (χ4n) is 2.98. The van der Waals surface area contributed by atoms with Crippen LogP contribution in [0, 0.1) is 13.8 Å². The lowest BCUT2D eigenvalue weighted by molar-refractivity contribution is -0.121. The van der Waals surface area contributed by atoms with Gasteiger partial charge in [-0.2, -0.15) is 0 Å². The number of hydrogen-bond acceptors (Lipinski definition) is 6. The van der Waals surface area contributed by atoms with Crippen LogP contribution >= 0.6 is 11.3 Å². The van der Waals surface area contributed by atoms with E-state index in [1.807, 2.05) is 13.8 Å². The lowest BCUT2D eigenvalue weighted by atomic mass is 10.2. The van der Waals surface area contributed by atoms with Gasteiger partial charge in [-0.1, -0.05) is 0 Å². The molecular weight excluding hydrogens is 314 g/mol. The number of nitrogens with two attached hydrogens (primary N) is 1. The van der Waals surface area contributed by atoms with Crippen molar-refractivity contribution in [3.8, 4) is 0 Å². The van der Waals surface area contributed by atoms with Crippen LogP contribution in [0.15, 0.2) is 4.79 Å². The zero-order valence-electron chi connectivity index (χ0n) is 13.4. The summed E-state index contributed by atoms with van der Waals surface area (Å²) in [6.07, 6.45) is 2.32. The normalized spacial score (nSPS) is 15.4. The largest absolute Gasteiger partial charge is 0.296 e. The number of carbonyl (C=O) groups is 1. The van der Waals surface area contributed by atoms with Gasteiger partial charge in [-0.05, 0) is 45.3 Å². The molecule has 0 aromatic carbocycles. The standard InChI is InChI=1S/C15H21N5O2S/c1-9-10(2)23-14-13(9)15(22)20(8-12(21)18-16)11(17-14)7-19-5-3-4-6-19/h3-8,16H2,1-2H3,(H,18,21). The van der Waals surface area contributed by atoms with Gasteiger partial charge in [-0.15, -0.1) is 11.3 Å². The first kappa shape index (κ1) is 16.1. The highest BCUT2D eigenvalue weighted by molar-refractivity contribution is 7.18. The van der Waals surface area contributed by atoms with Crippen LogP contribution in [-0.2, 0) is 17.9 Å². The molecule has 1 amide bonds. The van der Waals surface area contributed by atoms with Crippen LogP contribution in [0.3, 0.4) is 0 Å². The molecule has 1 fully saturated rings. The van der Waals surface area contributed by atoms with E-state index in [0.29, 0.717) is 17.8 Å². The second kappa shape index (κ2) is 6.38. The van der Waals surface area contributed by atoms with Crippen molar-refractivity contribution < 1.29 is 4.79 Å². The molecule has 0 unspecified atom stereocenters. The Hall–Kier alpha value is -1.77. The molecule has 2 aromatic heterocycles. The molecule has 124 valence electrons. The van der Waals surface area contributed by atoms with Crippen molar-refractivity contribution in [2.24, 2.45) is 5.84 Å². The summed E-state index contributed by atoms with van der Waals surface area (Å²) in [6.45, 7) is 6.39. The van der Waals surface area contributed by atoms with Gasteiger partial charge in [-0.25, -0.2) is 10.8 Å². The van der Waals surface area contributed by atoms with E-state index >= 15 is 0 Å². The molecule has 3 rings (SSSR count). The Bertz CT molecular complexity index is 804. The van der Waals surface area contributed by atoms with Crippen LogP contribution < -0.4 is 16.8 Å². The molecule has 1 aliphatic heterocycles. The van der Waals surface area contributed by atoms with Crippen LogP contribution in [0.2, 0.25) is 0 Å². The van der Waals surface area contributed by atoms with Gasteiger partial charge in [0.15, 0.2) is 0 Å². The molecule has 7 nitrogen and oxygen atoms in total. The zero-order chi connectivity index (χ0) is 16.6. The number of aryl methyl sites for hydroxylation is 2. The summed E-state index contributed by atoms with van der Waals surface area (Å²) < 4.78 is 1.46. The average molecular weight is 335 g/mol. The number of thiophene rings is 1. The third-order valence-corrected chi connectivity index (χ3v) is 5.50. The van der Waals surface area contributed by atoms with E-state index in [0.717, 1.165) is 41.2 Å². The summed E-state index contributed by atoms with van der Waals surface area (Å²) in [4.78, 5) is 33.4. The number of amides is 1. The molecule has 23 heavy (non-hydrogen) atoms. The number of nitrogens with one attached hydrogen (secondary N) is 1. The topological polar surface area (TPSA) is 93.2 Å². The molecule has 0 atom stereocenters. The number of fused-ring (bicyclic) bond motifs is 1. The molecule has 8 heteroatoms. The van der Waals surface area contributed by atoms with E-state index in [1.54, 1.807) is 0 Å². The summed E-state index contributed by atoms with van der Waals surface area (Å²) in [5.74, 6) is 5.42. The third kappa shape index (κ3) is 3.01. The van der Waals surface area contributed by atoms with Gasteiger partial charge < -0.3 is 0 Å². The zero-order valence-corrected chi connectivity index (χ0v) is 14.2. The van der Waals surface area contributed by atoms with Crippen LogP contribution in [0.25, 0.3) is 10.2 Å². The van der Waals surface area contributed by atoms with Gasteiger partial charge in [0, 0.05) is 4.88 Å². The Labute approximate surface area is 138 Å². The van der Waals surface area contributed by atoms with E-state index in [4.69, 9.17) is 5.84 Å². The van der Waals surface area contributed by atoms with Gasteiger partial charge in [0.05, 0.1) is 11.9 Å². The first-order valence-electron chi connectivity index (χ1n) is 7.72. The van der Waals surface area contributed by atoms with Crippen molar-refractivity contribution in [3.63, 3.8) is 0 Å². The Balaban J connectivity index is 2.12. The van der Waals surface area contributed by atoms with Crippen molar-refractivity contribution >= 4 is 27.5 Å². The molecule has 1 saturated heterocycles. The number of nitrogens with zero attached hydrogens (tertiary/aromatic N) is 3. The molecule has 3 N–H and O–H groups in total. The summed E-state index contributed by atoms with van der Waals surface area (Å²) in [7, 11) is 0. The molecule has 0 aliphatic carbocycles. The summed E-state index contributed by atoms with van der Waals surface area (Å²) in [5.41, 5.74) is 2.88. The second-order valence-corrected chi connectivity index (χ2v) is 7.14. The van der Waals surface area contributed by atoms with Crippen molar-refractivity contribution in [2.75, 3.05) is 13.1 Å². The summed E-state index contributed by atoms with van der Waals surface area (Å²) >= 11 is 1.53. The quantitative estimate of drug-likeness (QED) is 0.486. The van der Waals surface area contributed by atoms with E-state index in [9.17, 15) is 9.59 Å². The van der Waals surface area contributed by atoms with Gasteiger partial charge >= 0.3 is 0 Å². The average Bonchev–Trinajstić information content (AvgIpc) is 3.12. The Morgan fingerprint density at radius 1 is 1.35 bits per heavy atom. The fourth-order valence-corrected chi connectivity index (χ4v) is 4.02. The fraction of sp³-hybridized carbons (Fsp3) is 0.533. The van der Waals surface area contributed by atoms with E-state index < -0.39 is 5.91 Å². The Morgan fingerprint density at radius 2 is 2.04 bits per heavy atom. The summed E-state index contributed by atoms with van der Waals surface area (Å²) in [5, 5.41) is 0.613. The molecule has 3 heterocycles. The van der Waals surface area contributed by atoms with Crippen molar-refractivity contribution in [2.45, 2.75) is 39.8 Å². The highest BCUT2D eigenvalue weighted by atomic mass is 32.1. The molecule has 0 saturated carbocycles. The van der Waals surface area contributed by atoms with Crippen molar-refractivity contribution in [1.29, 1.82) is 0 Å². The minimum Gasteiger partial charge on any atom is -0.296 e. The molecule has 0 spiro atoms. The highest BCUT2D eigenvalue weighted by Crippen LogP contribution is 2.26. The van der Waals surface area contributed by atoms with Gasteiger partial charge in [0.1, 0.15) is 17.2 Å². The molecular formula is C15H21N5O2S. The molecule has 2 aromatic rings. The number of carbonyl (C=O) groups excluding carboxylic acids is 1. The van der Waals surface area contributed by atoms with E-state index in [1.165, 1.54) is 15.9 Å². The number of aromatic nitrogens is 2. The van der Waals surface area contributed by atoms with Crippen LogP contribution in [0.5, 0.6) is 0 Å². The van der Waals surface area contributed by atoms with E-state index in [2.05, 4.69) is 15.3 Å². The lowest BCUT2D eigenvalue weighted by Crippen LogP contribution is -2.38. The number of rotatable bonds is 4. The van der Waals surface area contributed by atoms with Crippen LogP contribution in [-0.4, -0.2) is 33.4 Å². The van der Waals surface area contributed by atoms with Crippen LogP contribution in [0.4, 0.5) is 0 Å². The lowest BCUT2D eigenvalue weighted by Gasteiger charge is -2.17. The molecule has 0 radical (unpaired) electrons. The minimum atomic E-state index is -0.402.